The van der Waals surface area contributed by atoms with Crippen LogP contribution in [0.5, 0.6) is 5.75 Å². The summed E-state index contributed by atoms with van der Waals surface area (Å²) in [6.45, 7) is 5.05. The number of hydrogen-bond acceptors (Lipinski definition) is 4. The van der Waals surface area contributed by atoms with Crippen molar-refractivity contribution in [1.82, 2.24) is 9.80 Å². The monoisotopic (exact) mass is 406 g/mol. The maximum Gasteiger partial charge on any atom is 0.119 e. The van der Waals surface area contributed by atoms with Crippen molar-refractivity contribution in [3.8, 4) is 16.9 Å². The Bertz CT molecular complexity index is 848. The van der Waals surface area contributed by atoms with Crippen molar-refractivity contribution in [2.24, 2.45) is 5.92 Å². The van der Waals surface area contributed by atoms with Gasteiger partial charge in [0.15, 0.2) is 0 Å². The average Bonchev–Trinajstić information content (AvgIpc) is 3.59. The lowest BCUT2D eigenvalue weighted by molar-refractivity contribution is -0.0649. The summed E-state index contributed by atoms with van der Waals surface area (Å²) in [5.41, 5.74) is 3.76. The molecule has 1 N–H and O–H groups in total. The van der Waals surface area contributed by atoms with Gasteiger partial charge in [-0.05, 0) is 73.5 Å². The van der Waals surface area contributed by atoms with Gasteiger partial charge in [-0.2, -0.15) is 0 Å². The molecule has 2 aromatic rings. The van der Waals surface area contributed by atoms with E-state index in [0.717, 1.165) is 24.8 Å². The molecule has 0 unspecified atom stereocenters. The van der Waals surface area contributed by atoms with Crippen LogP contribution in [0.1, 0.15) is 37.2 Å². The smallest absolute Gasteiger partial charge is 0.119 e. The summed E-state index contributed by atoms with van der Waals surface area (Å²) in [5, 5.41) is 10.2. The molecule has 0 aromatic heterocycles. The van der Waals surface area contributed by atoms with Crippen molar-refractivity contribution in [1.29, 1.82) is 0 Å². The van der Waals surface area contributed by atoms with Gasteiger partial charge >= 0.3 is 0 Å². The van der Waals surface area contributed by atoms with Gasteiger partial charge in [-0.25, -0.2) is 0 Å². The second-order valence-electron chi connectivity index (χ2n) is 9.34. The second kappa shape index (κ2) is 8.70. The van der Waals surface area contributed by atoms with Gasteiger partial charge in [0.2, 0.25) is 0 Å². The molecule has 160 valence electrons. The SMILES string of the molecule is COc1cccc(-c2ccc([C@@H]3[C@H]4CN(CC5CC5)CCCCN4[C@H]3CO)cc2)c1. The molecule has 3 fully saturated rings. The summed E-state index contributed by atoms with van der Waals surface area (Å²) in [7, 11) is 1.71. The lowest BCUT2D eigenvalue weighted by atomic mass is 9.74. The highest BCUT2D eigenvalue weighted by atomic mass is 16.5. The summed E-state index contributed by atoms with van der Waals surface area (Å²) in [4.78, 5) is 5.29. The molecule has 4 heteroatoms. The van der Waals surface area contributed by atoms with Crippen LogP contribution in [-0.2, 0) is 0 Å². The minimum atomic E-state index is 0.251. The van der Waals surface area contributed by atoms with Crippen molar-refractivity contribution in [3.63, 3.8) is 0 Å². The number of nitrogens with zero attached hydrogens (tertiary/aromatic N) is 2. The molecule has 2 aliphatic heterocycles. The minimum Gasteiger partial charge on any atom is -0.497 e. The molecule has 0 radical (unpaired) electrons. The predicted molar refractivity (Wildman–Crippen MR) is 121 cm³/mol. The number of aliphatic hydroxyl groups excluding tert-OH is 1. The van der Waals surface area contributed by atoms with E-state index in [9.17, 15) is 5.11 Å². The molecule has 5 rings (SSSR count). The fourth-order valence-corrected chi connectivity index (χ4v) is 5.54. The van der Waals surface area contributed by atoms with Crippen LogP contribution in [0, 0.1) is 5.92 Å². The van der Waals surface area contributed by atoms with Crippen LogP contribution in [0.3, 0.4) is 0 Å². The predicted octanol–water partition coefficient (Wildman–Crippen LogP) is 4.00. The van der Waals surface area contributed by atoms with E-state index in [0.29, 0.717) is 12.0 Å². The maximum absolute atomic E-state index is 10.2. The molecule has 3 atom stereocenters. The Morgan fingerprint density at radius 1 is 1.00 bits per heavy atom. The Labute approximate surface area is 180 Å². The highest BCUT2D eigenvalue weighted by Gasteiger charge is 2.49. The summed E-state index contributed by atoms with van der Waals surface area (Å²) < 4.78 is 5.38. The highest BCUT2D eigenvalue weighted by molar-refractivity contribution is 5.65. The summed E-state index contributed by atoms with van der Waals surface area (Å²) in [6.07, 6.45) is 5.36. The van der Waals surface area contributed by atoms with Crippen LogP contribution in [0.4, 0.5) is 0 Å². The minimum absolute atomic E-state index is 0.251. The second-order valence-corrected chi connectivity index (χ2v) is 9.34. The lowest BCUT2D eigenvalue weighted by Gasteiger charge is -2.57. The molecule has 0 amide bonds. The molecule has 2 heterocycles. The van der Waals surface area contributed by atoms with Crippen LogP contribution < -0.4 is 4.74 Å². The maximum atomic E-state index is 10.2. The van der Waals surface area contributed by atoms with Crippen LogP contribution in [0.15, 0.2) is 48.5 Å². The first-order valence-electron chi connectivity index (χ1n) is 11.6. The van der Waals surface area contributed by atoms with Gasteiger partial charge in [-0.15, -0.1) is 0 Å². The van der Waals surface area contributed by atoms with Crippen LogP contribution >= 0.6 is 0 Å². The topological polar surface area (TPSA) is 35.9 Å². The standard InChI is InChI=1S/C26H34N2O2/c1-30-23-6-4-5-22(15-23)20-9-11-21(12-10-20)26-24-17-27(16-19-7-8-19)13-2-3-14-28(24)25(26)18-29/h4-6,9-12,15,19,24-26,29H,2-3,7-8,13-14,16-18H2,1H3/t24-,25+,26-/m1/s1. The van der Waals surface area contributed by atoms with Crippen LogP contribution in [0.2, 0.25) is 0 Å². The Kier molecular flexibility index (Phi) is 5.81. The first-order valence-corrected chi connectivity index (χ1v) is 11.6. The molecule has 0 bridgehead atoms. The van der Waals surface area contributed by atoms with E-state index >= 15 is 0 Å². The van der Waals surface area contributed by atoms with Gasteiger partial charge in [0.1, 0.15) is 5.75 Å². The molecule has 1 saturated carbocycles. The Balaban J connectivity index is 1.35. The Morgan fingerprint density at radius 2 is 1.80 bits per heavy atom. The van der Waals surface area contributed by atoms with Gasteiger partial charge in [0.05, 0.1) is 13.7 Å². The van der Waals surface area contributed by atoms with Crippen LogP contribution in [0.25, 0.3) is 11.1 Å². The average molecular weight is 407 g/mol. The summed E-state index contributed by atoms with van der Waals surface area (Å²) in [6, 6.07) is 18.0. The van der Waals surface area contributed by atoms with Gasteiger partial charge in [-0.1, -0.05) is 36.4 Å². The first-order chi connectivity index (χ1) is 14.8. The number of fused-ring (bicyclic) bond motifs is 1. The third-order valence-corrected chi connectivity index (χ3v) is 7.37. The van der Waals surface area contributed by atoms with E-state index in [-0.39, 0.29) is 12.6 Å². The zero-order valence-corrected chi connectivity index (χ0v) is 18.0. The third-order valence-electron chi connectivity index (χ3n) is 7.37. The van der Waals surface area contributed by atoms with Crippen molar-refractivity contribution in [3.05, 3.63) is 54.1 Å². The molecule has 1 aliphatic carbocycles. The first kappa shape index (κ1) is 20.0. The number of rotatable bonds is 6. The number of aliphatic hydroxyl groups is 1. The zero-order valence-electron chi connectivity index (χ0n) is 18.0. The zero-order chi connectivity index (χ0) is 20.5. The number of methoxy groups -OCH3 is 1. The van der Waals surface area contributed by atoms with Crippen molar-refractivity contribution in [2.45, 2.75) is 43.7 Å². The fraction of sp³-hybridized carbons (Fsp3) is 0.538. The molecule has 3 aliphatic rings. The molecule has 4 nitrogen and oxygen atoms in total. The Morgan fingerprint density at radius 3 is 2.53 bits per heavy atom. The fourth-order valence-electron chi connectivity index (χ4n) is 5.54. The van der Waals surface area contributed by atoms with Crippen molar-refractivity contribution < 1.29 is 9.84 Å². The number of hydrogen-bond donors (Lipinski definition) is 1. The molecular formula is C26H34N2O2. The van der Waals surface area contributed by atoms with Crippen LogP contribution in [-0.4, -0.2) is 66.9 Å². The molecule has 0 spiro atoms. The van der Waals surface area contributed by atoms with Gasteiger partial charge in [0, 0.05) is 31.1 Å². The quantitative estimate of drug-likeness (QED) is 0.787. The van der Waals surface area contributed by atoms with Crippen molar-refractivity contribution >= 4 is 0 Å². The van der Waals surface area contributed by atoms with E-state index in [1.807, 2.05) is 12.1 Å². The lowest BCUT2D eigenvalue weighted by Crippen LogP contribution is -2.67. The normalized spacial score (nSPS) is 27.6. The molecule has 2 saturated heterocycles. The molecule has 2 aromatic carbocycles. The Hall–Kier alpha value is -1.88. The highest BCUT2D eigenvalue weighted by Crippen LogP contribution is 2.43. The van der Waals surface area contributed by atoms with Gasteiger partial charge in [0.25, 0.3) is 0 Å². The van der Waals surface area contributed by atoms with Gasteiger partial charge < -0.3 is 14.7 Å². The van der Waals surface area contributed by atoms with E-state index in [1.165, 1.54) is 55.5 Å². The van der Waals surface area contributed by atoms with E-state index < -0.39 is 0 Å². The number of benzene rings is 2. The third kappa shape index (κ3) is 4.01. The number of ether oxygens (including phenoxy) is 1. The molecule has 30 heavy (non-hydrogen) atoms. The van der Waals surface area contributed by atoms with E-state index in [4.69, 9.17) is 4.74 Å². The van der Waals surface area contributed by atoms with Gasteiger partial charge in [-0.3, -0.25) is 4.90 Å². The molecular weight excluding hydrogens is 372 g/mol. The summed E-state index contributed by atoms with van der Waals surface area (Å²) in [5.74, 6) is 2.25. The van der Waals surface area contributed by atoms with Crippen molar-refractivity contribution in [2.75, 3.05) is 39.9 Å². The van der Waals surface area contributed by atoms with E-state index in [1.54, 1.807) is 7.11 Å². The summed E-state index contributed by atoms with van der Waals surface area (Å²) >= 11 is 0. The largest absolute Gasteiger partial charge is 0.497 e. The van der Waals surface area contributed by atoms with E-state index in [2.05, 4.69) is 46.2 Å².